The number of carbonyl (C=O) groups excluding carboxylic acids is 1. The lowest BCUT2D eigenvalue weighted by atomic mass is 10.1. The monoisotopic (exact) mass is 356 g/mol. The molecule has 0 unspecified atom stereocenters. The number of carbonyl (C=O) groups is 1. The first-order chi connectivity index (χ1) is 10.5. The Labute approximate surface area is 144 Å². The highest BCUT2D eigenvalue weighted by molar-refractivity contribution is 6.44. The van der Waals surface area contributed by atoms with Crippen LogP contribution >= 0.6 is 34.8 Å². The number of benzene rings is 2. The Bertz CT molecular complexity index is 676. The molecule has 0 heterocycles. The number of hydrogen-bond donors (Lipinski definition) is 2. The van der Waals surface area contributed by atoms with E-state index in [4.69, 9.17) is 34.8 Å². The van der Waals surface area contributed by atoms with Gasteiger partial charge in [0.2, 0.25) is 5.91 Å². The number of rotatable bonds is 5. The molecule has 22 heavy (non-hydrogen) atoms. The van der Waals surface area contributed by atoms with Crippen LogP contribution in [0.3, 0.4) is 0 Å². The van der Waals surface area contributed by atoms with E-state index in [0.29, 0.717) is 20.8 Å². The number of hydrogen-bond acceptors (Lipinski definition) is 2. The van der Waals surface area contributed by atoms with E-state index >= 15 is 0 Å². The van der Waals surface area contributed by atoms with Gasteiger partial charge >= 0.3 is 0 Å². The summed E-state index contributed by atoms with van der Waals surface area (Å²) in [5, 5.41) is 7.24. The molecule has 0 fully saturated rings. The van der Waals surface area contributed by atoms with Gasteiger partial charge in [-0.3, -0.25) is 4.79 Å². The van der Waals surface area contributed by atoms with Crippen LogP contribution in [0, 0.1) is 0 Å². The van der Waals surface area contributed by atoms with E-state index in [1.54, 1.807) is 18.2 Å². The van der Waals surface area contributed by atoms with Gasteiger partial charge in [-0.2, -0.15) is 0 Å². The quantitative estimate of drug-likeness (QED) is 0.796. The van der Waals surface area contributed by atoms with E-state index < -0.39 is 0 Å². The van der Waals surface area contributed by atoms with Gasteiger partial charge in [0, 0.05) is 11.1 Å². The van der Waals surface area contributed by atoms with Crippen LogP contribution < -0.4 is 10.6 Å². The lowest BCUT2D eigenvalue weighted by molar-refractivity contribution is -0.115. The van der Waals surface area contributed by atoms with Crippen LogP contribution in [-0.2, 0) is 4.79 Å². The van der Waals surface area contributed by atoms with Crippen molar-refractivity contribution in [3.63, 3.8) is 0 Å². The first-order valence-corrected chi connectivity index (χ1v) is 7.84. The summed E-state index contributed by atoms with van der Waals surface area (Å²) in [5.41, 5.74) is 1.43. The highest BCUT2D eigenvalue weighted by Gasteiger charge is 2.12. The smallest absolute Gasteiger partial charge is 0.238 e. The molecule has 0 aliphatic carbocycles. The summed E-state index contributed by atoms with van der Waals surface area (Å²) in [5.74, 6) is -0.205. The molecule has 2 aromatic carbocycles. The van der Waals surface area contributed by atoms with Crippen molar-refractivity contribution >= 4 is 46.4 Å². The molecule has 0 spiro atoms. The fourth-order valence-electron chi connectivity index (χ4n) is 1.98. The minimum absolute atomic E-state index is 0.0470. The maximum absolute atomic E-state index is 12.0. The molecule has 2 rings (SSSR count). The molecule has 3 nitrogen and oxygen atoms in total. The largest absolute Gasteiger partial charge is 0.324 e. The minimum Gasteiger partial charge on any atom is -0.324 e. The topological polar surface area (TPSA) is 41.1 Å². The van der Waals surface area contributed by atoms with Gasteiger partial charge in [0.1, 0.15) is 0 Å². The van der Waals surface area contributed by atoms with Crippen LogP contribution in [0.5, 0.6) is 0 Å². The SMILES string of the molecule is C[C@H](NCC(=O)Nc1cccc(Cl)c1Cl)c1ccccc1Cl. The van der Waals surface area contributed by atoms with E-state index in [2.05, 4.69) is 10.6 Å². The van der Waals surface area contributed by atoms with Crippen molar-refractivity contribution in [2.75, 3.05) is 11.9 Å². The molecule has 1 amide bonds. The first kappa shape index (κ1) is 17.1. The van der Waals surface area contributed by atoms with Gasteiger partial charge in [0.15, 0.2) is 0 Å². The molecular formula is C16H15Cl3N2O. The van der Waals surface area contributed by atoms with Gasteiger partial charge in [0.25, 0.3) is 0 Å². The number of halogens is 3. The van der Waals surface area contributed by atoms with Crippen LogP contribution in [-0.4, -0.2) is 12.5 Å². The molecule has 6 heteroatoms. The lowest BCUT2D eigenvalue weighted by Crippen LogP contribution is -2.30. The Kier molecular flexibility index (Phi) is 6.09. The first-order valence-electron chi connectivity index (χ1n) is 6.70. The molecule has 0 aromatic heterocycles. The van der Waals surface area contributed by atoms with Crippen molar-refractivity contribution in [1.82, 2.24) is 5.32 Å². The predicted molar refractivity (Wildman–Crippen MR) is 93.0 cm³/mol. The van der Waals surface area contributed by atoms with Gasteiger partial charge in [-0.05, 0) is 30.7 Å². The highest BCUT2D eigenvalue weighted by atomic mass is 35.5. The summed E-state index contributed by atoms with van der Waals surface area (Å²) in [7, 11) is 0. The molecule has 0 bridgehead atoms. The van der Waals surface area contributed by atoms with Crippen molar-refractivity contribution < 1.29 is 4.79 Å². The summed E-state index contributed by atoms with van der Waals surface area (Å²) >= 11 is 18.1. The van der Waals surface area contributed by atoms with Crippen LogP contribution in [0.1, 0.15) is 18.5 Å². The lowest BCUT2D eigenvalue weighted by Gasteiger charge is -2.15. The van der Waals surface area contributed by atoms with Crippen molar-refractivity contribution in [3.05, 3.63) is 63.1 Å². The molecule has 0 saturated heterocycles. The standard InChI is InChI=1S/C16H15Cl3N2O/c1-10(11-5-2-3-6-12(11)17)20-9-15(22)21-14-8-4-7-13(18)16(14)19/h2-8,10,20H,9H2,1H3,(H,21,22)/t10-/m0/s1. The second-order valence-electron chi connectivity index (χ2n) is 4.77. The molecular weight excluding hydrogens is 343 g/mol. The van der Waals surface area contributed by atoms with Gasteiger partial charge in [-0.1, -0.05) is 59.1 Å². The third-order valence-electron chi connectivity index (χ3n) is 3.17. The fourth-order valence-corrected chi connectivity index (χ4v) is 2.62. The van der Waals surface area contributed by atoms with E-state index in [1.165, 1.54) is 0 Å². The molecule has 0 aliphatic rings. The Morgan fingerprint density at radius 1 is 1.05 bits per heavy atom. The second kappa shape index (κ2) is 7.84. The summed E-state index contributed by atoms with van der Waals surface area (Å²) < 4.78 is 0. The number of nitrogens with one attached hydrogen (secondary N) is 2. The van der Waals surface area contributed by atoms with Crippen LogP contribution in [0.25, 0.3) is 0 Å². The Balaban J connectivity index is 1.93. The zero-order chi connectivity index (χ0) is 16.1. The van der Waals surface area contributed by atoms with E-state index in [1.807, 2.05) is 31.2 Å². The second-order valence-corrected chi connectivity index (χ2v) is 5.97. The Morgan fingerprint density at radius 2 is 1.73 bits per heavy atom. The molecule has 1 atom stereocenters. The molecule has 0 radical (unpaired) electrons. The third-order valence-corrected chi connectivity index (χ3v) is 4.33. The van der Waals surface area contributed by atoms with Crippen molar-refractivity contribution in [2.24, 2.45) is 0 Å². The number of anilines is 1. The molecule has 116 valence electrons. The molecule has 0 saturated carbocycles. The molecule has 2 N–H and O–H groups in total. The van der Waals surface area contributed by atoms with Gasteiger partial charge in [-0.15, -0.1) is 0 Å². The summed E-state index contributed by atoms with van der Waals surface area (Å²) in [6, 6.07) is 12.6. The highest BCUT2D eigenvalue weighted by Crippen LogP contribution is 2.29. The van der Waals surface area contributed by atoms with Crippen LogP contribution in [0.15, 0.2) is 42.5 Å². The summed E-state index contributed by atoms with van der Waals surface area (Å²) in [6.07, 6.45) is 0. The minimum atomic E-state index is -0.205. The van der Waals surface area contributed by atoms with Crippen molar-refractivity contribution in [1.29, 1.82) is 0 Å². The average molecular weight is 358 g/mol. The zero-order valence-electron chi connectivity index (χ0n) is 11.9. The van der Waals surface area contributed by atoms with Crippen LogP contribution in [0.4, 0.5) is 5.69 Å². The third kappa shape index (κ3) is 4.37. The summed E-state index contributed by atoms with van der Waals surface area (Å²) in [4.78, 5) is 12.0. The van der Waals surface area contributed by atoms with E-state index in [0.717, 1.165) is 5.56 Å². The van der Waals surface area contributed by atoms with Crippen molar-refractivity contribution in [2.45, 2.75) is 13.0 Å². The molecule has 2 aromatic rings. The Hall–Kier alpha value is -1.26. The maximum atomic E-state index is 12.0. The van der Waals surface area contributed by atoms with Gasteiger partial charge in [-0.25, -0.2) is 0 Å². The van der Waals surface area contributed by atoms with Gasteiger partial charge < -0.3 is 10.6 Å². The van der Waals surface area contributed by atoms with Crippen molar-refractivity contribution in [3.8, 4) is 0 Å². The van der Waals surface area contributed by atoms with E-state index in [9.17, 15) is 4.79 Å². The van der Waals surface area contributed by atoms with E-state index in [-0.39, 0.29) is 18.5 Å². The molecule has 0 aliphatic heterocycles. The number of amides is 1. The predicted octanol–water partition coefficient (Wildman–Crippen LogP) is 4.94. The maximum Gasteiger partial charge on any atom is 0.238 e. The fraction of sp³-hybridized carbons (Fsp3) is 0.188. The summed E-state index contributed by atoms with van der Waals surface area (Å²) in [6.45, 7) is 2.08. The Morgan fingerprint density at radius 3 is 2.45 bits per heavy atom. The van der Waals surface area contributed by atoms with Crippen LogP contribution in [0.2, 0.25) is 15.1 Å². The zero-order valence-corrected chi connectivity index (χ0v) is 14.1. The van der Waals surface area contributed by atoms with Gasteiger partial charge in [0.05, 0.1) is 22.3 Å². The normalized spacial score (nSPS) is 12.0. The average Bonchev–Trinajstić information content (AvgIpc) is 2.50.